The first-order valence-electron chi connectivity index (χ1n) is 6.17. The first-order valence-corrected chi connectivity index (χ1v) is 6.17. The van der Waals surface area contributed by atoms with Gasteiger partial charge >= 0.3 is 0 Å². The van der Waals surface area contributed by atoms with E-state index in [-0.39, 0.29) is 0 Å². The molecule has 0 aromatic heterocycles. The lowest BCUT2D eigenvalue weighted by Gasteiger charge is -2.13. The molecule has 0 aliphatic heterocycles. The Bertz CT molecular complexity index is 251. The molecule has 0 radical (unpaired) electrons. The molecular formula is C14H22. The Hall–Kier alpha value is -0.520. The van der Waals surface area contributed by atoms with Gasteiger partial charge in [0.05, 0.1) is 0 Å². The summed E-state index contributed by atoms with van der Waals surface area (Å²) < 4.78 is 0. The molecule has 0 bridgehead atoms. The van der Waals surface area contributed by atoms with Gasteiger partial charge in [0.25, 0.3) is 0 Å². The van der Waals surface area contributed by atoms with Crippen LogP contribution < -0.4 is 0 Å². The van der Waals surface area contributed by atoms with Crippen molar-refractivity contribution in [1.82, 2.24) is 0 Å². The van der Waals surface area contributed by atoms with Gasteiger partial charge in [0.1, 0.15) is 0 Å². The van der Waals surface area contributed by atoms with E-state index in [4.69, 9.17) is 0 Å². The molecule has 0 saturated heterocycles. The molecule has 2 aliphatic rings. The fourth-order valence-electron chi connectivity index (χ4n) is 2.87. The molecule has 14 heavy (non-hydrogen) atoms. The van der Waals surface area contributed by atoms with E-state index in [0.29, 0.717) is 0 Å². The van der Waals surface area contributed by atoms with Gasteiger partial charge in [0.15, 0.2) is 0 Å². The molecule has 0 heterocycles. The van der Waals surface area contributed by atoms with Crippen LogP contribution in [0.25, 0.3) is 0 Å². The average molecular weight is 190 g/mol. The highest BCUT2D eigenvalue weighted by Crippen LogP contribution is 2.46. The maximum atomic E-state index is 2.44. The van der Waals surface area contributed by atoms with Crippen molar-refractivity contribution in [3.8, 4) is 0 Å². The minimum Gasteiger partial charge on any atom is -0.0914 e. The molecule has 0 aromatic rings. The minimum atomic E-state index is 0.864. The molecule has 0 heteroatoms. The van der Waals surface area contributed by atoms with Crippen LogP contribution in [0.2, 0.25) is 0 Å². The minimum absolute atomic E-state index is 0.864. The largest absolute Gasteiger partial charge is 0.0914 e. The Morgan fingerprint density at radius 3 is 2.57 bits per heavy atom. The van der Waals surface area contributed by atoms with Crippen molar-refractivity contribution in [3.05, 3.63) is 23.3 Å². The summed E-state index contributed by atoms with van der Waals surface area (Å²) in [5, 5.41) is 0. The van der Waals surface area contributed by atoms with Gasteiger partial charge in [-0.1, -0.05) is 36.6 Å². The highest BCUT2D eigenvalue weighted by atomic mass is 14.4. The quantitative estimate of drug-likeness (QED) is 0.576. The fourth-order valence-corrected chi connectivity index (χ4v) is 2.87. The third-order valence-electron chi connectivity index (χ3n) is 3.70. The summed E-state index contributed by atoms with van der Waals surface area (Å²) in [7, 11) is 0. The summed E-state index contributed by atoms with van der Waals surface area (Å²) in [5.41, 5.74) is 3.63. The van der Waals surface area contributed by atoms with Crippen LogP contribution in [0.4, 0.5) is 0 Å². The molecule has 0 N–H and O–H groups in total. The summed E-state index contributed by atoms with van der Waals surface area (Å²) in [5.74, 6) is 1.82. The van der Waals surface area contributed by atoms with Crippen LogP contribution in [0.1, 0.15) is 52.4 Å². The molecule has 0 amide bonds. The molecule has 0 spiro atoms. The Morgan fingerprint density at radius 2 is 2.00 bits per heavy atom. The molecular weight excluding hydrogens is 168 g/mol. The molecule has 2 unspecified atom stereocenters. The van der Waals surface area contributed by atoms with E-state index in [1.807, 2.05) is 5.57 Å². The van der Waals surface area contributed by atoms with Crippen LogP contribution in [0, 0.1) is 11.8 Å². The average Bonchev–Trinajstić information content (AvgIpc) is 2.94. The van der Waals surface area contributed by atoms with Crippen molar-refractivity contribution in [1.29, 1.82) is 0 Å². The highest BCUT2D eigenvalue weighted by molar-refractivity contribution is 5.29. The van der Waals surface area contributed by atoms with Crippen molar-refractivity contribution in [2.24, 2.45) is 11.8 Å². The second-order valence-corrected chi connectivity index (χ2v) is 4.85. The zero-order valence-corrected chi connectivity index (χ0v) is 9.55. The maximum Gasteiger partial charge on any atom is -0.0165 e. The lowest BCUT2D eigenvalue weighted by atomic mass is 9.92. The van der Waals surface area contributed by atoms with Gasteiger partial charge < -0.3 is 0 Å². The molecule has 78 valence electrons. The van der Waals surface area contributed by atoms with E-state index in [9.17, 15) is 0 Å². The summed E-state index contributed by atoms with van der Waals surface area (Å²) in [6.07, 6.45) is 13.1. The van der Waals surface area contributed by atoms with Crippen molar-refractivity contribution < 1.29 is 0 Å². The van der Waals surface area contributed by atoms with Crippen LogP contribution in [0.5, 0.6) is 0 Å². The lowest BCUT2D eigenvalue weighted by Crippen LogP contribution is -2.03. The molecule has 2 atom stereocenters. The summed E-state index contributed by atoms with van der Waals surface area (Å²) in [4.78, 5) is 0. The van der Waals surface area contributed by atoms with E-state index in [1.54, 1.807) is 5.57 Å². The number of allylic oxidation sites excluding steroid dienone is 4. The van der Waals surface area contributed by atoms with Gasteiger partial charge in [0.2, 0.25) is 0 Å². The summed E-state index contributed by atoms with van der Waals surface area (Å²) >= 11 is 0. The second kappa shape index (κ2) is 4.33. The fraction of sp³-hybridized carbons (Fsp3) is 0.714. The summed E-state index contributed by atoms with van der Waals surface area (Å²) in [6, 6.07) is 0. The highest BCUT2D eigenvalue weighted by Gasteiger charge is 2.31. The van der Waals surface area contributed by atoms with Crippen molar-refractivity contribution in [2.75, 3.05) is 0 Å². The van der Waals surface area contributed by atoms with Crippen molar-refractivity contribution >= 4 is 0 Å². The van der Waals surface area contributed by atoms with Crippen LogP contribution >= 0.6 is 0 Å². The van der Waals surface area contributed by atoms with E-state index >= 15 is 0 Å². The monoisotopic (exact) mass is 190 g/mol. The van der Waals surface area contributed by atoms with E-state index < -0.39 is 0 Å². The molecule has 2 fully saturated rings. The van der Waals surface area contributed by atoms with Gasteiger partial charge in [-0.3, -0.25) is 0 Å². The van der Waals surface area contributed by atoms with Gasteiger partial charge in [-0.25, -0.2) is 0 Å². The Balaban J connectivity index is 2.03. The van der Waals surface area contributed by atoms with Gasteiger partial charge in [-0.05, 0) is 50.9 Å². The van der Waals surface area contributed by atoms with E-state index in [1.165, 1.54) is 38.5 Å². The van der Waals surface area contributed by atoms with Gasteiger partial charge in [-0.2, -0.15) is 0 Å². The Kier molecular flexibility index (Phi) is 3.10. The van der Waals surface area contributed by atoms with Crippen molar-refractivity contribution in [3.63, 3.8) is 0 Å². The number of hydrogen-bond acceptors (Lipinski definition) is 0. The standard InChI is InChI=1S/C14H22/c1-3-5-12-9-14(11-7-8-11)10-13(12)6-4-2/h3,5,12-13H,4,6-10H2,1-2H3/b5-3+. The zero-order chi connectivity index (χ0) is 9.97. The maximum absolute atomic E-state index is 2.44. The second-order valence-electron chi connectivity index (χ2n) is 4.85. The molecule has 2 rings (SSSR count). The first-order chi connectivity index (χ1) is 6.85. The Labute approximate surface area is 88.1 Å². The Morgan fingerprint density at radius 1 is 1.21 bits per heavy atom. The zero-order valence-electron chi connectivity index (χ0n) is 9.55. The topological polar surface area (TPSA) is 0 Å². The first kappa shape index (κ1) is 10.0. The molecule has 0 aromatic carbocycles. The molecule has 0 nitrogen and oxygen atoms in total. The van der Waals surface area contributed by atoms with Crippen LogP contribution in [0.15, 0.2) is 23.3 Å². The third kappa shape index (κ3) is 2.10. The summed E-state index contributed by atoms with van der Waals surface area (Å²) in [6.45, 7) is 4.47. The predicted octanol–water partition coefficient (Wildman–Crippen LogP) is 4.48. The van der Waals surface area contributed by atoms with Crippen LogP contribution in [-0.4, -0.2) is 0 Å². The van der Waals surface area contributed by atoms with Crippen molar-refractivity contribution in [2.45, 2.75) is 52.4 Å². The van der Waals surface area contributed by atoms with Gasteiger partial charge in [0, 0.05) is 0 Å². The number of rotatable bonds is 3. The van der Waals surface area contributed by atoms with E-state index in [0.717, 1.165) is 11.8 Å². The smallest absolute Gasteiger partial charge is 0.0165 e. The lowest BCUT2D eigenvalue weighted by molar-refractivity contribution is 0.422. The molecule has 2 aliphatic carbocycles. The normalized spacial score (nSPS) is 31.9. The van der Waals surface area contributed by atoms with Crippen LogP contribution in [0.3, 0.4) is 0 Å². The van der Waals surface area contributed by atoms with E-state index in [2.05, 4.69) is 26.0 Å². The molecule has 2 saturated carbocycles. The van der Waals surface area contributed by atoms with Gasteiger partial charge in [-0.15, -0.1) is 0 Å². The van der Waals surface area contributed by atoms with Crippen LogP contribution in [-0.2, 0) is 0 Å². The number of hydrogen-bond donors (Lipinski definition) is 0. The SMILES string of the molecule is C/C=C/C1CC(=C2CC2)CC1CCC. The third-order valence-corrected chi connectivity index (χ3v) is 3.70. The predicted molar refractivity (Wildman–Crippen MR) is 62.2 cm³/mol.